The number of benzene rings is 2. The van der Waals surface area contributed by atoms with Crippen LogP contribution < -0.4 is 14.8 Å². The van der Waals surface area contributed by atoms with Crippen LogP contribution in [-0.4, -0.2) is 18.6 Å². The van der Waals surface area contributed by atoms with Gasteiger partial charge in [0.15, 0.2) is 11.5 Å². The monoisotopic (exact) mass is 546 g/mol. The summed E-state index contributed by atoms with van der Waals surface area (Å²) in [5.74, 6) is 0.795. The van der Waals surface area contributed by atoms with E-state index in [2.05, 4.69) is 37.2 Å². The average Bonchev–Trinajstić information content (AvgIpc) is 3.26. The predicted molar refractivity (Wildman–Crippen MR) is 128 cm³/mol. The van der Waals surface area contributed by atoms with E-state index in [4.69, 9.17) is 9.47 Å². The highest BCUT2D eigenvalue weighted by Crippen LogP contribution is 2.38. The van der Waals surface area contributed by atoms with Crippen LogP contribution in [0.2, 0.25) is 0 Å². The van der Waals surface area contributed by atoms with Crippen LogP contribution in [-0.2, 0) is 11.4 Å². The lowest BCUT2D eigenvalue weighted by atomic mass is 10.1. The lowest BCUT2D eigenvalue weighted by molar-refractivity contribution is -0.117. The molecule has 0 aliphatic heterocycles. The fourth-order valence-corrected chi connectivity index (χ4v) is 4.30. The van der Waals surface area contributed by atoms with Gasteiger partial charge in [0.1, 0.15) is 18.2 Å². The van der Waals surface area contributed by atoms with Crippen molar-refractivity contribution in [1.29, 1.82) is 5.26 Å². The number of halogens is 2. The minimum absolute atomic E-state index is 0.0739. The number of rotatable bonds is 8. The fourth-order valence-electron chi connectivity index (χ4n) is 3.46. The maximum absolute atomic E-state index is 12.5. The van der Waals surface area contributed by atoms with Gasteiger partial charge in [0, 0.05) is 10.5 Å². The molecule has 0 atom stereocenters. The summed E-state index contributed by atoms with van der Waals surface area (Å²) >= 11 is 6.98. The molecule has 1 amide bonds. The second-order valence-electron chi connectivity index (χ2n) is 7.30. The van der Waals surface area contributed by atoms with Crippen LogP contribution >= 0.6 is 31.9 Å². The van der Waals surface area contributed by atoms with Crippen molar-refractivity contribution in [2.45, 2.75) is 45.3 Å². The first kappa shape index (κ1) is 23.4. The molecular formula is C24H24Br2N2O3. The number of nitriles is 1. The molecule has 0 radical (unpaired) electrons. The molecule has 0 saturated heterocycles. The summed E-state index contributed by atoms with van der Waals surface area (Å²) in [5.41, 5.74) is 1.78. The van der Waals surface area contributed by atoms with E-state index in [-0.39, 0.29) is 17.5 Å². The van der Waals surface area contributed by atoms with Crippen molar-refractivity contribution < 1.29 is 14.3 Å². The Morgan fingerprint density at radius 1 is 1.19 bits per heavy atom. The van der Waals surface area contributed by atoms with E-state index in [9.17, 15) is 10.1 Å². The molecule has 1 N–H and O–H groups in total. The maximum atomic E-state index is 12.5. The van der Waals surface area contributed by atoms with Gasteiger partial charge in [-0.15, -0.1) is 0 Å². The molecule has 3 rings (SSSR count). The largest absolute Gasteiger partial charge is 0.490 e. The number of carbonyl (C=O) groups excluding carboxylic acids is 1. The van der Waals surface area contributed by atoms with Crippen LogP contribution in [0, 0.1) is 11.3 Å². The summed E-state index contributed by atoms with van der Waals surface area (Å²) in [7, 11) is 0. The average molecular weight is 548 g/mol. The van der Waals surface area contributed by atoms with Crippen molar-refractivity contribution in [2.75, 3.05) is 6.61 Å². The van der Waals surface area contributed by atoms with Gasteiger partial charge in [-0.3, -0.25) is 4.79 Å². The molecule has 1 aliphatic rings. The number of amides is 1. The Bertz CT molecular complexity index is 991. The Kier molecular flexibility index (Phi) is 8.56. The molecule has 0 bridgehead atoms. The Morgan fingerprint density at radius 3 is 2.55 bits per heavy atom. The van der Waals surface area contributed by atoms with Crippen LogP contribution in [0.1, 0.15) is 43.7 Å². The molecule has 5 nitrogen and oxygen atoms in total. The second kappa shape index (κ2) is 11.4. The lowest BCUT2D eigenvalue weighted by Gasteiger charge is -2.15. The zero-order valence-corrected chi connectivity index (χ0v) is 20.5. The third-order valence-electron chi connectivity index (χ3n) is 4.99. The Labute approximate surface area is 199 Å². The minimum Gasteiger partial charge on any atom is -0.490 e. The highest BCUT2D eigenvalue weighted by Gasteiger charge is 2.20. The number of ether oxygens (including phenoxy) is 2. The lowest BCUT2D eigenvalue weighted by Crippen LogP contribution is -2.33. The van der Waals surface area contributed by atoms with Crippen molar-refractivity contribution >= 4 is 43.8 Å². The topological polar surface area (TPSA) is 71.3 Å². The summed E-state index contributed by atoms with van der Waals surface area (Å²) in [4.78, 5) is 12.5. The molecule has 0 heterocycles. The number of nitrogens with one attached hydrogen (secondary N) is 1. The zero-order valence-electron chi connectivity index (χ0n) is 17.3. The van der Waals surface area contributed by atoms with E-state index >= 15 is 0 Å². The van der Waals surface area contributed by atoms with Crippen LogP contribution in [0.3, 0.4) is 0 Å². The van der Waals surface area contributed by atoms with Gasteiger partial charge in [0.25, 0.3) is 5.91 Å². The Morgan fingerprint density at radius 2 is 1.90 bits per heavy atom. The van der Waals surface area contributed by atoms with Gasteiger partial charge in [-0.2, -0.15) is 5.26 Å². The van der Waals surface area contributed by atoms with E-state index in [0.29, 0.717) is 34.7 Å². The first-order chi connectivity index (χ1) is 15.0. The highest BCUT2D eigenvalue weighted by atomic mass is 79.9. The van der Waals surface area contributed by atoms with Gasteiger partial charge in [-0.25, -0.2) is 0 Å². The van der Waals surface area contributed by atoms with E-state index in [1.54, 1.807) is 12.1 Å². The molecule has 2 aromatic rings. The van der Waals surface area contributed by atoms with Gasteiger partial charge < -0.3 is 14.8 Å². The summed E-state index contributed by atoms with van der Waals surface area (Å²) in [5, 5.41) is 12.5. The van der Waals surface area contributed by atoms with Crippen molar-refractivity contribution in [3.63, 3.8) is 0 Å². The fraction of sp³-hybridized carbons (Fsp3) is 0.333. The quantitative estimate of drug-likeness (QED) is 0.317. The van der Waals surface area contributed by atoms with Gasteiger partial charge in [-0.05, 0) is 77.2 Å². The van der Waals surface area contributed by atoms with Crippen molar-refractivity contribution in [1.82, 2.24) is 5.32 Å². The Balaban J connectivity index is 1.80. The molecule has 0 aromatic heterocycles. The zero-order chi connectivity index (χ0) is 22.2. The van der Waals surface area contributed by atoms with E-state index < -0.39 is 0 Å². The second-order valence-corrected chi connectivity index (χ2v) is 9.07. The number of hydrogen-bond donors (Lipinski definition) is 1. The van der Waals surface area contributed by atoms with Gasteiger partial charge in [0.2, 0.25) is 0 Å². The van der Waals surface area contributed by atoms with E-state index in [1.165, 1.54) is 0 Å². The third-order valence-corrected chi connectivity index (χ3v) is 6.11. The first-order valence-electron chi connectivity index (χ1n) is 10.3. The summed E-state index contributed by atoms with van der Waals surface area (Å²) in [6.07, 6.45) is 5.74. The van der Waals surface area contributed by atoms with Gasteiger partial charge in [0.05, 0.1) is 11.1 Å². The molecule has 1 fully saturated rings. The molecule has 0 spiro atoms. The molecule has 7 heteroatoms. The van der Waals surface area contributed by atoms with Gasteiger partial charge >= 0.3 is 0 Å². The Hall–Kier alpha value is -2.30. The highest BCUT2D eigenvalue weighted by molar-refractivity contribution is 9.10. The predicted octanol–water partition coefficient (Wildman–Crippen LogP) is 6.16. The SMILES string of the molecule is CCOc1cc(/C=C(/C#N)C(=O)NC2CCCC2)cc(Br)c1OCc1ccc(Br)cc1. The number of hydrogen-bond acceptors (Lipinski definition) is 4. The third kappa shape index (κ3) is 6.59. The molecule has 31 heavy (non-hydrogen) atoms. The normalized spacial score (nSPS) is 14.2. The van der Waals surface area contributed by atoms with Crippen molar-refractivity contribution in [3.05, 3.63) is 62.0 Å². The molecule has 162 valence electrons. The standard InChI is InChI=1S/C24H24Br2N2O3/c1-2-30-22-13-17(11-18(14-27)24(29)28-20-5-3-4-6-20)12-21(26)23(22)31-15-16-7-9-19(25)10-8-16/h7-13,20H,2-6,15H2,1H3,(H,28,29)/b18-11-. The molecule has 2 aromatic carbocycles. The summed E-state index contributed by atoms with van der Waals surface area (Å²) < 4.78 is 13.5. The summed E-state index contributed by atoms with van der Waals surface area (Å²) in [6.45, 7) is 2.74. The van der Waals surface area contributed by atoms with Gasteiger partial charge in [-0.1, -0.05) is 40.9 Å². The van der Waals surface area contributed by atoms with Crippen molar-refractivity contribution in [3.8, 4) is 17.6 Å². The van der Waals surface area contributed by atoms with E-state index in [1.807, 2.05) is 43.3 Å². The first-order valence-corrected chi connectivity index (χ1v) is 11.8. The molecular weight excluding hydrogens is 524 g/mol. The number of nitrogens with zero attached hydrogens (tertiary/aromatic N) is 1. The smallest absolute Gasteiger partial charge is 0.262 e. The number of carbonyl (C=O) groups is 1. The minimum atomic E-state index is -0.334. The van der Waals surface area contributed by atoms with Crippen LogP contribution in [0.15, 0.2) is 50.9 Å². The maximum Gasteiger partial charge on any atom is 0.262 e. The summed E-state index contributed by atoms with van der Waals surface area (Å²) in [6, 6.07) is 13.7. The molecule has 1 saturated carbocycles. The van der Waals surface area contributed by atoms with Crippen LogP contribution in [0.25, 0.3) is 6.08 Å². The van der Waals surface area contributed by atoms with E-state index in [0.717, 1.165) is 35.7 Å². The molecule has 1 aliphatic carbocycles. The van der Waals surface area contributed by atoms with Crippen molar-refractivity contribution in [2.24, 2.45) is 0 Å². The molecule has 0 unspecified atom stereocenters. The van der Waals surface area contributed by atoms with Crippen LogP contribution in [0.4, 0.5) is 0 Å². The van der Waals surface area contributed by atoms with Crippen LogP contribution in [0.5, 0.6) is 11.5 Å².